The third kappa shape index (κ3) is 1.72. The van der Waals surface area contributed by atoms with E-state index in [4.69, 9.17) is 4.74 Å². The lowest BCUT2D eigenvalue weighted by Gasteiger charge is -2.25. The minimum Gasteiger partial charge on any atom is -0.387 e. The second kappa shape index (κ2) is 4.07. The van der Waals surface area contributed by atoms with Gasteiger partial charge in [0.2, 0.25) is 0 Å². The van der Waals surface area contributed by atoms with Gasteiger partial charge in [-0.15, -0.1) is 0 Å². The number of aliphatic hydroxyl groups is 1. The van der Waals surface area contributed by atoms with E-state index in [9.17, 15) is 5.11 Å². The molecule has 1 fully saturated rings. The van der Waals surface area contributed by atoms with Gasteiger partial charge in [-0.3, -0.25) is 0 Å². The molecule has 0 amide bonds. The van der Waals surface area contributed by atoms with Crippen molar-refractivity contribution in [1.82, 2.24) is 9.55 Å². The van der Waals surface area contributed by atoms with Crippen LogP contribution in [-0.2, 0) is 18.2 Å². The van der Waals surface area contributed by atoms with Gasteiger partial charge in [0.05, 0.1) is 22.7 Å². The molecule has 0 saturated carbocycles. The van der Waals surface area contributed by atoms with Crippen molar-refractivity contribution in [3.05, 3.63) is 30.1 Å². The molecule has 0 bridgehead atoms. The summed E-state index contributed by atoms with van der Waals surface area (Å²) >= 11 is 0. The fourth-order valence-electron chi connectivity index (χ4n) is 2.63. The number of rotatable bonds is 2. The summed E-state index contributed by atoms with van der Waals surface area (Å²) in [6, 6.07) is 8.03. The number of para-hydroxylation sites is 2. The Bertz CT molecular complexity index is 578. The fraction of sp³-hybridized carbons (Fsp3) is 0.500. The average molecular weight is 246 g/mol. The Labute approximate surface area is 106 Å². The van der Waals surface area contributed by atoms with Gasteiger partial charge in [-0.25, -0.2) is 4.98 Å². The lowest BCUT2D eigenvalue weighted by atomic mass is 9.92. The first-order valence-corrected chi connectivity index (χ1v) is 6.34. The molecule has 0 radical (unpaired) electrons. The van der Waals surface area contributed by atoms with Crippen LogP contribution < -0.4 is 0 Å². The summed E-state index contributed by atoms with van der Waals surface area (Å²) in [5.74, 6) is 0.913. The molecule has 1 aliphatic rings. The van der Waals surface area contributed by atoms with Crippen LogP contribution in [0.1, 0.15) is 19.2 Å². The van der Waals surface area contributed by atoms with E-state index in [0.717, 1.165) is 16.9 Å². The van der Waals surface area contributed by atoms with E-state index >= 15 is 0 Å². The summed E-state index contributed by atoms with van der Waals surface area (Å²) in [6.07, 6.45) is 1.09. The minimum absolute atomic E-state index is 0.127. The molecule has 4 nitrogen and oxygen atoms in total. The number of benzene rings is 1. The van der Waals surface area contributed by atoms with Crippen molar-refractivity contribution in [3.63, 3.8) is 0 Å². The first-order chi connectivity index (χ1) is 8.60. The van der Waals surface area contributed by atoms with Gasteiger partial charge in [-0.05, 0) is 19.1 Å². The summed E-state index contributed by atoms with van der Waals surface area (Å²) in [5, 5.41) is 10.6. The highest BCUT2D eigenvalue weighted by molar-refractivity contribution is 5.75. The van der Waals surface area contributed by atoms with Crippen molar-refractivity contribution in [3.8, 4) is 0 Å². The van der Waals surface area contributed by atoms with Crippen molar-refractivity contribution in [2.45, 2.75) is 31.5 Å². The van der Waals surface area contributed by atoms with Crippen LogP contribution in [0.15, 0.2) is 24.3 Å². The second-order valence-electron chi connectivity index (χ2n) is 5.12. The Morgan fingerprint density at radius 2 is 2.28 bits per heavy atom. The van der Waals surface area contributed by atoms with Crippen LogP contribution in [-0.4, -0.2) is 33.0 Å². The largest absolute Gasteiger partial charge is 0.387 e. The van der Waals surface area contributed by atoms with Crippen molar-refractivity contribution in [1.29, 1.82) is 0 Å². The van der Waals surface area contributed by atoms with Crippen LogP contribution in [0.3, 0.4) is 0 Å². The molecule has 1 N–H and O–H groups in total. The van der Waals surface area contributed by atoms with Gasteiger partial charge in [0.25, 0.3) is 0 Å². The van der Waals surface area contributed by atoms with Crippen LogP contribution in [0.25, 0.3) is 11.0 Å². The van der Waals surface area contributed by atoms with Gasteiger partial charge in [0, 0.05) is 26.5 Å². The molecule has 2 heterocycles. The number of nitrogens with zero attached hydrogens (tertiary/aromatic N) is 2. The maximum atomic E-state index is 10.6. The molecule has 0 spiro atoms. The van der Waals surface area contributed by atoms with E-state index < -0.39 is 5.60 Å². The molecule has 3 rings (SSSR count). The van der Waals surface area contributed by atoms with Crippen molar-refractivity contribution in [2.75, 3.05) is 6.61 Å². The molecule has 18 heavy (non-hydrogen) atoms. The zero-order valence-corrected chi connectivity index (χ0v) is 10.8. The number of aromatic nitrogens is 2. The van der Waals surface area contributed by atoms with Crippen molar-refractivity contribution < 1.29 is 9.84 Å². The maximum Gasteiger partial charge on any atom is 0.112 e. The Kier molecular flexibility index (Phi) is 2.64. The van der Waals surface area contributed by atoms with Crippen LogP contribution in [0, 0.1) is 0 Å². The normalized spacial score (nSPS) is 28.1. The summed E-state index contributed by atoms with van der Waals surface area (Å²) in [7, 11) is 1.99. The van der Waals surface area contributed by atoms with Crippen LogP contribution in [0.5, 0.6) is 0 Å². The molecular formula is C14H18N2O2. The zero-order chi connectivity index (χ0) is 12.8. The molecule has 2 aromatic rings. The Morgan fingerprint density at radius 3 is 2.94 bits per heavy atom. The van der Waals surface area contributed by atoms with Crippen molar-refractivity contribution in [2.24, 2.45) is 7.05 Å². The molecule has 2 atom stereocenters. The maximum absolute atomic E-state index is 10.6. The van der Waals surface area contributed by atoms with Crippen LogP contribution >= 0.6 is 0 Å². The highest BCUT2D eigenvalue weighted by Crippen LogP contribution is 2.29. The Hall–Kier alpha value is -1.39. The van der Waals surface area contributed by atoms with Gasteiger partial charge in [-0.1, -0.05) is 12.1 Å². The summed E-state index contributed by atoms with van der Waals surface area (Å²) < 4.78 is 7.52. The highest BCUT2D eigenvalue weighted by Gasteiger charge is 2.40. The fourth-order valence-corrected chi connectivity index (χ4v) is 2.63. The number of hydrogen-bond donors (Lipinski definition) is 1. The Morgan fingerprint density at radius 1 is 1.50 bits per heavy atom. The van der Waals surface area contributed by atoms with Gasteiger partial charge >= 0.3 is 0 Å². The average Bonchev–Trinajstić information content (AvgIpc) is 2.83. The summed E-state index contributed by atoms with van der Waals surface area (Å²) in [6.45, 7) is 2.55. The first-order valence-electron chi connectivity index (χ1n) is 6.34. The number of aryl methyl sites for hydroxylation is 1. The lowest BCUT2D eigenvalue weighted by molar-refractivity contribution is -0.0284. The van der Waals surface area contributed by atoms with E-state index in [0.29, 0.717) is 19.4 Å². The second-order valence-corrected chi connectivity index (χ2v) is 5.12. The SMILES string of the molecule is CC1OCCC1(O)Cc1nc2ccccc2n1C. The predicted octanol–water partition coefficient (Wildman–Crippen LogP) is 1.66. The molecule has 1 aliphatic heterocycles. The Balaban J connectivity index is 1.98. The quantitative estimate of drug-likeness (QED) is 0.876. The van der Waals surface area contributed by atoms with Crippen LogP contribution in [0.2, 0.25) is 0 Å². The van der Waals surface area contributed by atoms with E-state index in [-0.39, 0.29) is 6.10 Å². The molecule has 0 aliphatic carbocycles. The summed E-state index contributed by atoms with van der Waals surface area (Å²) in [5.41, 5.74) is 1.29. The zero-order valence-electron chi connectivity index (χ0n) is 10.8. The monoisotopic (exact) mass is 246 g/mol. The van der Waals surface area contributed by atoms with E-state index in [1.165, 1.54) is 0 Å². The number of imidazole rings is 1. The summed E-state index contributed by atoms with van der Waals surface area (Å²) in [4.78, 5) is 4.60. The molecule has 1 aromatic heterocycles. The lowest BCUT2D eigenvalue weighted by Crippen LogP contribution is -2.39. The highest BCUT2D eigenvalue weighted by atomic mass is 16.5. The van der Waals surface area contributed by atoms with Gasteiger partial charge in [0.15, 0.2) is 0 Å². The third-order valence-electron chi connectivity index (χ3n) is 4.00. The molecular weight excluding hydrogens is 228 g/mol. The van der Waals surface area contributed by atoms with E-state index in [1.54, 1.807) is 0 Å². The number of fused-ring (bicyclic) bond motifs is 1. The number of ether oxygens (including phenoxy) is 1. The topological polar surface area (TPSA) is 47.3 Å². The minimum atomic E-state index is -0.783. The predicted molar refractivity (Wildman–Crippen MR) is 69.4 cm³/mol. The van der Waals surface area contributed by atoms with E-state index in [2.05, 4.69) is 9.55 Å². The van der Waals surface area contributed by atoms with Gasteiger partial charge < -0.3 is 14.4 Å². The molecule has 1 aromatic carbocycles. The van der Waals surface area contributed by atoms with Crippen LogP contribution in [0.4, 0.5) is 0 Å². The molecule has 4 heteroatoms. The third-order valence-corrected chi connectivity index (χ3v) is 4.00. The first kappa shape index (κ1) is 11.7. The van der Waals surface area contributed by atoms with Crippen molar-refractivity contribution >= 4 is 11.0 Å². The van der Waals surface area contributed by atoms with Gasteiger partial charge in [-0.2, -0.15) is 0 Å². The van der Waals surface area contributed by atoms with E-state index in [1.807, 2.05) is 38.2 Å². The van der Waals surface area contributed by atoms with Gasteiger partial charge in [0.1, 0.15) is 5.82 Å². The molecule has 96 valence electrons. The number of hydrogen-bond acceptors (Lipinski definition) is 3. The standard InChI is InChI=1S/C14H18N2O2/c1-10-14(17,7-8-18-10)9-13-15-11-5-3-4-6-12(11)16(13)2/h3-6,10,17H,7-9H2,1-2H3. The molecule has 2 unspecified atom stereocenters. The smallest absolute Gasteiger partial charge is 0.112 e. The molecule has 1 saturated heterocycles.